The SMILES string of the molecule is COc1ccccc1NC(=O)CC[C@H]1CN(Cc2ccncc2)CC[C@H]1N1CCN(c2ccccc2F)CC1. The maximum absolute atomic E-state index is 14.4. The number of piperidine rings is 1. The molecule has 2 saturated heterocycles. The van der Waals surface area contributed by atoms with Crippen LogP contribution in [-0.2, 0) is 11.3 Å². The van der Waals surface area contributed by atoms with Gasteiger partial charge in [0.25, 0.3) is 0 Å². The summed E-state index contributed by atoms with van der Waals surface area (Å²) in [5.74, 6) is 0.879. The number of benzene rings is 2. The number of anilines is 2. The van der Waals surface area contributed by atoms with Gasteiger partial charge in [-0.05, 0) is 67.3 Å². The molecule has 7 nitrogen and oxygen atoms in total. The first-order chi connectivity index (χ1) is 19.1. The van der Waals surface area contributed by atoms with Crippen LogP contribution >= 0.6 is 0 Å². The van der Waals surface area contributed by atoms with E-state index in [1.165, 1.54) is 11.6 Å². The van der Waals surface area contributed by atoms with Gasteiger partial charge in [-0.2, -0.15) is 0 Å². The van der Waals surface area contributed by atoms with Crippen LogP contribution in [0.5, 0.6) is 5.75 Å². The van der Waals surface area contributed by atoms with Crippen molar-refractivity contribution in [3.05, 3.63) is 84.4 Å². The molecule has 2 atom stereocenters. The highest BCUT2D eigenvalue weighted by atomic mass is 19.1. The smallest absolute Gasteiger partial charge is 0.224 e. The minimum atomic E-state index is -0.158. The minimum absolute atomic E-state index is 0.00822. The predicted molar refractivity (Wildman–Crippen MR) is 152 cm³/mol. The summed E-state index contributed by atoms with van der Waals surface area (Å²) in [6.07, 6.45) is 6.01. The summed E-state index contributed by atoms with van der Waals surface area (Å²) in [5.41, 5.74) is 2.65. The second-order valence-electron chi connectivity index (χ2n) is 10.5. The predicted octanol–water partition coefficient (Wildman–Crippen LogP) is 4.66. The van der Waals surface area contributed by atoms with E-state index in [9.17, 15) is 9.18 Å². The van der Waals surface area contributed by atoms with E-state index >= 15 is 0 Å². The van der Waals surface area contributed by atoms with Gasteiger partial charge in [-0.1, -0.05) is 24.3 Å². The van der Waals surface area contributed by atoms with Crippen molar-refractivity contribution in [1.29, 1.82) is 0 Å². The minimum Gasteiger partial charge on any atom is -0.495 e. The Balaban J connectivity index is 1.23. The number of para-hydroxylation sites is 3. The molecule has 0 saturated carbocycles. The molecule has 1 aromatic heterocycles. The molecule has 206 valence electrons. The third-order valence-corrected chi connectivity index (χ3v) is 8.03. The van der Waals surface area contributed by atoms with Gasteiger partial charge < -0.3 is 15.0 Å². The van der Waals surface area contributed by atoms with Crippen molar-refractivity contribution >= 4 is 17.3 Å². The number of ether oxygens (including phenoxy) is 1. The highest BCUT2D eigenvalue weighted by Crippen LogP contribution is 2.30. The number of carbonyl (C=O) groups excluding carboxylic acids is 1. The molecule has 0 spiro atoms. The van der Waals surface area contributed by atoms with Crippen LogP contribution in [0, 0.1) is 11.7 Å². The van der Waals surface area contributed by atoms with Crippen LogP contribution in [0.25, 0.3) is 0 Å². The first-order valence-corrected chi connectivity index (χ1v) is 13.9. The molecule has 3 heterocycles. The van der Waals surface area contributed by atoms with E-state index in [4.69, 9.17) is 4.74 Å². The van der Waals surface area contributed by atoms with Gasteiger partial charge in [0, 0.05) is 64.1 Å². The molecular formula is C31H38FN5O2. The maximum Gasteiger partial charge on any atom is 0.224 e. The lowest BCUT2D eigenvalue weighted by atomic mass is 9.86. The molecule has 0 aliphatic carbocycles. The van der Waals surface area contributed by atoms with Crippen molar-refractivity contribution in [2.45, 2.75) is 31.8 Å². The topological polar surface area (TPSA) is 60.9 Å². The van der Waals surface area contributed by atoms with Gasteiger partial charge in [-0.15, -0.1) is 0 Å². The Morgan fingerprint density at radius 3 is 2.51 bits per heavy atom. The van der Waals surface area contributed by atoms with Crippen LogP contribution in [0.3, 0.4) is 0 Å². The molecule has 0 unspecified atom stereocenters. The lowest BCUT2D eigenvalue weighted by Gasteiger charge is -2.47. The summed E-state index contributed by atoms with van der Waals surface area (Å²) >= 11 is 0. The third kappa shape index (κ3) is 6.94. The van der Waals surface area contributed by atoms with Gasteiger partial charge in [0.15, 0.2) is 0 Å². The molecule has 0 bridgehead atoms. The number of aromatic nitrogens is 1. The van der Waals surface area contributed by atoms with Crippen molar-refractivity contribution in [2.75, 3.05) is 56.6 Å². The van der Waals surface area contributed by atoms with Crippen LogP contribution in [0.15, 0.2) is 73.1 Å². The maximum atomic E-state index is 14.4. The van der Waals surface area contributed by atoms with Gasteiger partial charge in [-0.3, -0.25) is 19.6 Å². The molecule has 39 heavy (non-hydrogen) atoms. The fourth-order valence-electron chi connectivity index (χ4n) is 6.03. The molecule has 5 rings (SSSR count). The number of hydrogen-bond donors (Lipinski definition) is 1. The standard InChI is InChI=1S/C31H38FN5O2/c1-39-30-9-5-3-7-27(30)34-31(38)11-10-25-23-35(22-24-12-15-33-16-13-24)17-14-28(25)36-18-20-37(21-19-36)29-8-4-2-6-26(29)32/h2-9,12-13,15-16,25,28H,10-11,14,17-23H2,1H3,(H,34,38)/t25-,28+/m0/s1. The summed E-state index contributed by atoms with van der Waals surface area (Å²) in [6, 6.07) is 19.1. The van der Waals surface area contributed by atoms with Crippen molar-refractivity contribution < 1.29 is 13.9 Å². The zero-order chi connectivity index (χ0) is 27.0. The highest BCUT2D eigenvalue weighted by Gasteiger charge is 2.35. The van der Waals surface area contributed by atoms with Crippen LogP contribution in [0.4, 0.5) is 15.8 Å². The lowest BCUT2D eigenvalue weighted by molar-refractivity contribution is -0.116. The molecule has 2 fully saturated rings. The number of nitrogens with one attached hydrogen (secondary N) is 1. The first-order valence-electron chi connectivity index (χ1n) is 13.9. The van der Waals surface area contributed by atoms with Crippen molar-refractivity contribution in [1.82, 2.24) is 14.8 Å². The zero-order valence-electron chi connectivity index (χ0n) is 22.6. The molecule has 2 aliphatic rings. The van der Waals surface area contributed by atoms with Crippen LogP contribution in [0.2, 0.25) is 0 Å². The van der Waals surface area contributed by atoms with Crippen molar-refractivity contribution in [3.63, 3.8) is 0 Å². The molecule has 2 aliphatic heterocycles. The molecule has 1 N–H and O–H groups in total. The average Bonchev–Trinajstić information content (AvgIpc) is 2.97. The van der Waals surface area contributed by atoms with Gasteiger partial charge in [0.2, 0.25) is 5.91 Å². The van der Waals surface area contributed by atoms with Crippen molar-refractivity contribution in [2.24, 2.45) is 5.92 Å². The average molecular weight is 532 g/mol. The Morgan fingerprint density at radius 1 is 1.00 bits per heavy atom. The lowest BCUT2D eigenvalue weighted by Crippen LogP contribution is -2.56. The van der Waals surface area contributed by atoms with Gasteiger partial charge >= 0.3 is 0 Å². The van der Waals surface area contributed by atoms with E-state index in [1.54, 1.807) is 13.2 Å². The second kappa shape index (κ2) is 13.0. The molecule has 3 aromatic rings. The number of methoxy groups -OCH3 is 1. The largest absolute Gasteiger partial charge is 0.495 e. The summed E-state index contributed by atoms with van der Waals surface area (Å²) < 4.78 is 19.8. The normalized spacial score (nSPS) is 20.5. The monoisotopic (exact) mass is 531 g/mol. The molecular weight excluding hydrogens is 493 g/mol. The Morgan fingerprint density at radius 2 is 1.74 bits per heavy atom. The highest BCUT2D eigenvalue weighted by molar-refractivity contribution is 5.92. The Hall–Kier alpha value is -3.49. The molecule has 0 radical (unpaired) electrons. The number of amides is 1. The van der Waals surface area contributed by atoms with E-state index in [0.29, 0.717) is 35.5 Å². The fraction of sp³-hybridized carbons (Fsp3) is 0.419. The molecule has 8 heteroatoms. The molecule has 1 amide bonds. The summed E-state index contributed by atoms with van der Waals surface area (Å²) in [7, 11) is 1.61. The van der Waals surface area contributed by atoms with Gasteiger partial charge in [0.05, 0.1) is 18.5 Å². The summed E-state index contributed by atoms with van der Waals surface area (Å²) in [6.45, 7) is 6.26. The number of piperazine rings is 1. The van der Waals surface area contributed by atoms with E-state index < -0.39 is 0 Å². The number of rotatable bonds is 9. The third-order valence-electron chi connectivity index (χ3n) is 8.03. The number of halogens is 1. The van der Waals surface area contributed by atoms with Gasteiger partial charge in [0.1, 0.15) is 11.6 Å². The number of carbonyl (C=O) groups is 1. The van der Waals surface area contributed by atoms with Crippen molar-refractivity contribution in [3.8, 4) is 5.75 Å². The fourth-order valence-corrected chi connectivity index (χ4v) is 6.03. The Kier molecular flexibility index (Phi) is 9.06. The quantitative estimate of drug-likeness (QED) is 0.434. The van der Waals surface area contributed by atoms with E-state index in [2.05, 4.69) is 37.1 Å². The summed E-state index contributed by atoms with van der Waals surface area (Å²) in [4.78, 5) is 24.3. The van der Waals surface area contributed by atoms with Crippen LogP contribution in [0.1, 0.15) is 24.8 Å². The second-order valence-corrected chi connectivity index (χ2v) is 10.5. The number of hydrogen-bond acceptors (Lipinski definition) is 6. The molecule has 2 aromatic carbocycles. The Bertz CT molecular complexity index is 1220. The summed E-state index contributed by atoms with van der Waals surface area (Å²) in [5, 5.41) is 3.04. The van der Waals surface area contributed by atoms with E-state index in [-0.39, 0.29) is 11.7 Å². The Labute approximate surface area is 230 Å². The number of likely N-dealkylation sites (tertiary alicyclic amines) is 1. The van der Waals surface area contributed by atoms with Crippen LogP contribution < -0.4 is 15.0 Å². The van der Waals surface area contributed by atoms with E-state index in [1.807, 2.05) is 48.8 Å². The zero-order valence-corrected chi connectivity index (χ0v) is 22.6. The number of nitrogens with zero attached hydrogens (tertiary/aromatic N) is 4. The first kappa shape index (κ1) is 27.1. The van der Waals surface area contributed by atoms with Crippen LogP contribution in [-0.4, -0.2) is 73.1 Å². The number of pyridine rings is 1. The van der Waals surface area contributed by atoms with Gasteiger partial charge in [-0.25, -0.2) is 4.39 Å². The van der Waals surface area contributed by atoms with E-state index in [0.717, 1.165) is 58.7 Å².